The minimum absolute atomic E-state index is 0. The molecule has 0 radical (unpaired) electrons. The Morgan fingerprint density at radius 3 is 1.29 bits per heavy atom. The van der Waals surface area contributed by atoms with Gasteiger partial charge in [0.05, 0.1) is 6.61 Å². The molecule has 0 aliphatic rings. The Morgan fingerprint density at radius 1 is 0.655 bits per heavy atom. The average Bonchev–Trinajstić information content (AvgIpc) is 3.49. The zero-order valence-corrected chi connectivity index (χ0v) is 35.9. The molecule has 0 atom stereocenters. The van der Waals surface area contributed by atoms with Crippen molar-refractivity contribution in [1.82, 2.24) is 4.57 Å². The molecule has 5 rings (SSSR count). The van der Waals surface area contributed by atoms with Crippen molar-refractivity contribution in [3.05, 3.63) is 138 Å². The largest absolute Gasteiger partial charge is 1.00 e. The number of rotatable bonds is 4. The first-order valence-corrected chi connectivity index (χ1v) is 20.1. The Kier molecular flexibility index (Phi) is 32.8. The van der Waals surface area contributed by atoms with Crippen LogP contribution in [-0.4, -0.2) is 29.4 Å². The quantitative estimate of drug-likeness (QED) is 0.110. The summed E-state index contributed by atoms with van der Waals surface area (Å²) in [5.74, 6) is 0. The number of hydrogen-bond acceptors (Lipinski definition) is 4. The molecule has 55 heavy (non-hydrogen) atoms. The smallest absolute Gasteiger partial charge is 0.145 e. The van der Waals surface area contributed by atoms with Crippen LogP contribution < -0.4 is 42.8 Å². The van der Waals surface area contributed by atoms with Gasteiger partial charge >= 0.3 is 82.1 Å². The van der Waals surface area contributed by atoms with E-state index in [9.17, 15) is 0 Å². The first-order chi connectivity index (χ1) is 23.5. The fourth-order valence-electron chi connectivity index (χ4n) is 6.24. The van der Waals surface area contributed by atoms with Gasteiger partial charge in [0, 0.05) is 5.69 Å². The molecule has 0 bridgehead atoms. The molecule has 0 aliphatic heterocycles. The van der Waals surface area contributed by atoms with Crippen molar-refractivity contribution in [3.63, 3.8) is 0 Å². The topological polar surface area (TPSA) is 89.2 Å². The molecule has 310 valence electrons. The van der Waals surface area contributed by atoms with E-state index in [1.54, 1.807) is 0 Å². The number of carbonyl (C=O) groups excluding carboxylic acids is 2. The molecule has 0 aliphatic carbocycles. The van der Waals surface area contributed by atoms with E-state index < -0.39 is 0 Å². The minimum Gasteiger partial charge on any atom is -1.00 e. The van der Waals surface area contributed by atoms with Crippen LogP contribution in [0.4, 0.5) is 5.69 Å². The number of carbonyl (C=O) groups is 2. The van der Waals surface area contributed by atoms with Gasteiger partial charge in [-0.05, 0) is 95.7 Å². The summed E-state index contributed by atoms with van der Waals surface area (Å²) in [6, 6.07) is 17.6. The summed E-state index contributed by atoms with van der Waals surface area (Å²) in [7, 11) is 5.90. The number of anilines is 1. The van der Waals surface area contributed by atoms with Gasteiger partial charge in [0.2, 0.25) is 0 Å². The van der Waals surface area contributed by atoms with Crippen LogP contribution in [0.5, 0.6) is 0 Å². The van der Waals surface area contributed by atoms with Gasteiger partial charge in [0.1, 0.15) is 36.8 Å². The number of nitrogens with zero attached hydrogens (tertiary/aromatic N) is 2. The van der Waals surface area contributed by atoms with Gasteiger partial charge in [0.25, 0.3) is 6.33 Å². The zero-order valence-electron chi connectivity index (χ0n) is 32.2. The molecule has 6 nitrogen and oxygen atoms in total. The summed E-state index contributed by atoms with van der Waals surface area (Å²) >= 11 is -0.275. The Balaban J connectivity index is -0.000000222. The Morgan fingerprint density at radius 2 is 0.964 bits per heavy atom. The van der Waals surface area contributed by atoms with E-state index in [-0.39, 0.29) is 68.8 Å². The Hall–Kier alpha value is -3.50. The van der Waals surface area contributed by atoms with E-state index in [1.165, 1.54) is 81.7 Å². The predicted octanol–water partition coefficient (Wildman–Crippen LogP) is 5.36. The Labute approximate surface area is 356 Å². The second-order valence-corrected chi connectivity index (χ2v) is 15.1. The molecule has 4 aromatic carbocycles. The van der Waals surface area contributed by atoms with Crippen molar-refractivity contribution >= 4 is 27.7 Å². The summed E-state index contributed by atoms with van der Waals surface area (Å²) in [4.78, 5) is 16.9. The van der Waals surface area contributed by atoms with Crippen molar-refractivity contribution in [2.24, 2.45) is 0 Å². The van der Waals surface area contributed by atoms with E-state index in [4.69, 9.17) is 29.3 Å². The third-order valence-corrected chi connectivity index (χ3v) is 11.0. The standard InChI is InChI=1S/C21H25N2.C9H11ClI.C9H13N.C2H4O2.CH2O.4CH4.ClH/c1-14-9-16(3)20(17(4)10-14)22-7-8-23(13-22)21-18(5)11-15(2)12-19(21)6;1-6-4-7(2)9(11-10)8(3)5-6;1-6-4-7(2)9(10)8(3)5-6;3-1-2-4;1-2;;;;;/h7-13H,1-6H3;4-5H,1-3H3;4-5H,10H2,1-3H3;1,4H,2H2;1H2;4*1H4;1H/q+1;-1;;;;;;;;/p-1. The molecule has 0 fully saturated rings. The predicted molar refractivity (Wildman–Crippen MR) is 233 cm³/mol. The number of aliphatic hydroxyl groups excluding tert-OH is 1. The van der Waals surface area contributed by atoms with E-state index in [1.807, 2.05) is 20.6 Å². The third-order valence-electron chi connectivity index (χ3n) is 7.89. The van der Waals surface area contributed by atoms with Crippen LogP contribution in [0, 0.1) is 86.7 Å². The van der Waals surface area contributed by atoms with Gasteiger partial charge in [-0.25, -0.2) is 9.13 Å². The number of benzene rings is 4. The first kappa shape index (κ1) is 60.7. The van der Waals surface area contributed by atoms with Crippen molar-refractivity contribution in [2.45, 2.75) is 113 Å². The molecule has 0 spiro atoms. The van der Waals surface area contributed by atoms with E-state index in [2.05, 4.69) is 146 Å². The van der Waals surface area contributed by atoms with Gasteiger partial charge < -0.3 is 32.8 Å². The fraction of sp³-hybridized carbons (Fsp3) is 0.370. The molecule has 0 saturated heterocycles. The summed E-state index contributed by atoms with van der Waals surface area (Å²) in [6.07, 6.45) is 6.89. The fourth-order valence-corrected chi connectivity index (χ4v) is 8.71. The molecule has 5 aromatic rings. The number of aliphatic hydroxyl groups is 1. The van der Waals surface area contributed by atoms with Gasteiger partial charge in [-0.15, -0.1) is 0 Å². The number of aryl methyl sites for hydroxylation is 12. The Bertz CT molecular complexity index is 1720. The summed E-state index contributed by atoms with van der Waals surface area (Å²) < 4.78 is 5.84. The number of imidazole rings is 1. The van der Waals surface area contributed by atoms with Crippen LogP contribution in [0.15, 0.2) is 67.3 Å². The van der Waals surface area contributed by atoms with E-state index in [0.29, 0.717) is 6.29 Å². The molecule has 0 unspecified atom stereocenters. The monoisotopic (exact) mass is 910 g/mol. The second kappa shape index (κ2) is 29.7. The molecule has 3 N–H and O–H groups in total. The van der Waals surface area contributed by atoms with Crippen molar-refractivity contribution in [1.29, 1.82) is 0 Å². The maximum absolute atomic E-state index is 8.92. The molecule has 9 heteroatoms. The maximum atomic E-state index is 8.92. The molecular formula is C46H71Cl2IN3O3-. The SMILES string of the molecule is C.C.C.C.C=O.Cc1cc(C)c(-n2cc[n+](-c3c(C)cc(C)cc3C)c2)c(C)c1.Cc1cc(C)c(N)c(C)c1.Cc1cc(C)c([I-]Cl)c(C)c1.O=CCO.[Cl-]. The van der Waals surface area contributed by atoms with Crippen molar-refractivity contribution < 1.29 is 51.7 Å². The number of hydrogen-bond donors (Lipinski definition) is 2. The number of nitrogens with two attached hydrogens (primary N) is 1. The van der Waals surface area contributed by atoms with E-state index in [0.717, 1.165) is 5.69 Å². The molecule has 1 aromatic heterocycles. The molecule has 0 amide bonds. The van der Waals surface area contributed by atoms with Crippen LogP contribution in [0.3, 0.4) is 0 Å². The van der Waals surface area contributed by atoms with Crippen LogP contribution >= 0.6 is 8.91 Å². The number of nitrogen functional groups attached to an aromatic ring is 1. The summed E-state index contributed by atoms with van der Waals surface area (Å²) in [5.41, 5.74) is 24.8. The van der Waals surface area contributed by atoms with Crippen molar-refractivity contribution in [3.8, 4) is 11.4 Å². The molecule has 0 saturated carbocycles. The number of aromatic nitrogens is 2. The summed E-state index contributed by atoms with van der Waals surface area (Å²) in [6.45, 7) is 27.2. The summed E-state index contributed by atoms with van der Waals surface area (Å²) in [5, 5.41) is 7.51. The third kappa shape index (κ3) is 18.3. The second-order valence-electron chi connectivity index (χ2n) is 12.7. The van der Waals surface area contributed by atoms with Crippen LogP contribution in [0.1, 0.15) is 96.5 Å². The van der Waals surface area contributed by atoms with Crippen LogP contribution in [0.25, 0.3) is 11.4 Å². The molecular weight excluding hydrogens is 840 g/mol. The van der Waals surface area contributed by atoms with Crippen LogP contribution in [-0.2, 0) is 9.59 Å². The van der Waals surface area contributed by atoms with E-state index >= 15 is 0 Å². The maximum Gasteiger partial charge on any atom is 0.145 e. The molecule has 1 heterocycles. The average molecular weight is 912 g/mol. The minimum atomic E-state index is -0.361. The number of aldehydes is 1. The number of halogens is 3. The van der Waals surface area contributed by atoms with Crippen molar-refractivity contribution in [2.75, 3.05) is 12.3 Å². The van der Waals surface area contributed by atoms with Gasteiger partial charge in [-0.2, -0.15) is 0 Å². The van der Waals surface area contributed by atoms with Crippen LogP contribution in [0.2, 0.25) is 0 Å². The van der Waals surface area contributed by atoms with Gasteiger partial charge in [-0.1, -0.05) is 82.8 Å². The van der Waals surface area contributed by atoms with Gasteiger partial charge in [0.15, 0.2) is 0 Å². The first-order valence-electron chi connectivity index (χ1n) is 16.3. The normalized spacial score (nSPS) is 9.05. The zero-order chi connectivity index (χ0) is 38.3. The van der Waals surface area contributed by atoms with Gasteiger partial charge in [-0.3, -0.25) is 0 Å².